The van der Waals surface area contributed by atoms with Crippen molar-refractivity contribution < 1.29 is 9.32 Å². The van der Waals surface area contributed by atoms with Gasteiger partial charge in [0.25, 0.3) is 5.91 Å². The Morgan fingerprint density at radius 3 is 2.73 bits per heavy atom. The molecule has 0 unspecified atom stereocenters. The molecule has 2 N–H and O–H groups in total. The van der Waals surface area contributed by atoms with Crippen LogP contribution in [-0.2, 0) is 0 Å². The van der Waals surface area contributed by atoms with E-state index in [1.807, 2.05) is 18.2 Å². The summed E-state index contributed by atoms with van der Waals surface area (Å²) < 4.78 is 5.28. The largest absolute Gasteiger partial charge is 0.360 e. The van der Waals surface area contributed by atoms with Gasteiger partial charge in [0.05, 0.1) is 0 Å². The fraction of sp³-hybridized carbons (Fsp3) is 0.412. The first-order chi connectivity index (χ1) is 10.7. The highest BCUT2D eigenvalue weighted by molar-refractivity contribution is 5.92. The molecule has 4 rings (SSSR count). The molecule has 1 amide bonds. The van der Waals surface area contributed by atoms with Crippen molar-refractivity contribution in [2.75, 3.05) is 13.1 Å². The van der Waals surface area contributed by atoms with Gasteiger partial charge in [0.2, 0.25) is 0 Å². The lowest BCUT2D eigenvalue weighted by molar-refractivity contribution is 0.0778. The van der Waals surface area contributed by atoms with Crippen molar-refractivity contribution in [3.8, 4) is 0 Å². The standard InChI is InChI=1S/C17H19N3O2/c18-14-10-20(9-13(14)11-4-2-1-3-5-11)17(21)15-8-16(22-19-15)12-6-7-12/h1-5,8,12-14H,6-7,9-10,18H2/t13-,14+/m0/s1. The van der Waals surface area contributed by atoms with Crippen LogP contribution in [0.25, 0.3) is 0 Å². The number of carbonyl (C=O) groups is 1. The summed E-state index contributed by atoms with van der Waals surface area (Å²) in [5, 5.41) is 3.94. The van der Waals surface area contributed by atoms with Crippen LogP contribution in [0.4, 0.5) is 0 Å². The molecule has 114 valence electrons. The van der Waals surface area contributed by atoms with Gasteiger partial charge in [0, 0.05) is 37.0 Å². The third-order valence-electron chi connectivity index (χ3n) is 4.61. The van der Waals surface area contributed by atoms with Gasteiger partial charge in [-0.2, -0.15) is 0 Å². The molecular weight excluding hydrogens is 278 g/mol. The third kappa shape index (κ3) is 2.41. The zero-order chi connectivity index (χ0) is 15.1. The smallest absolute Gasteiger partial charge is 0.276 e. The summed E-state index contributed by atoms with van der Waals surface area (Å²) >= 11 is 0. The van der Waals surface area contributed by atoms with Crippen LogP contribution in [-0.4, -0.2) is 35.1 Å². The van der Waals surface area contributed by atoms with Gasteiger partial charge in [-0.15, -0.1) is 0 Å². The van der Waals surface area contributed by atoms with E-state index in [-0.39, 0.29) is 17.9 Å². The maximum absolute atomic E-state index is 12.6. The van der Waals surface area contributed by atoms with E-state index in [0.29, 0.717) is 24.7 Å². The Bertz CT molecular complexity index is 678. The highest BCUT2D eigenvalue weighted by Gasteiger charge is 2.36. The molecule has 1 saturated heterocycles. The average Bonchev–Trinajstić information content (AvgIpc) is 3.15. The monoisotopic (exact) mass is 297 g/mol. The van der Waals surface area contributed by atoms with E-state index < -0.39 is 0 Å². The molecule has 1 aromatic heterocycles. The first-order valence-corrected chi connectivity index (χ1v) is 7.79. The summed E-state index contributed by atoms with van der Waals surface area (Å²) in [5.41, 5.74) is 7.83. The topological polar surface area (TPSA) is 72.4 Å². The predicted molar refractivity (Wildman–Crippen MR) is 81.5 cm³/mol. The van der Waals surface area contributed by atoms with Crippen molar-refractivity contribution in [2.45, 2.75) is 30.7 Å². The van der Waals surface area contributed by atoms with Crippen molar-refractivity contribution in [3.63, 3.8) is 0 Å². The minimum absolute atomic E-state index is 0.0406. The molecule has 0 bridgehead atoms. The maximum Gasteiger partial charge on any atom is 0.276 e. The molecule has 2 heterocycles. The lowest BCUT2D eigenvalue weighted by Crippen LogP contribution is -2.32. The van der Waals surface area contributed by atoms with E-state index in [0.717, 1.165) is 18.6 Å². The number of hydrogen-bond donors (Lipinski definition) is 1. The van der Waals surface area contributed by atoms with E-state index in [9.17, 15) is 4.79 Å². The molecular formula is C17H19N3O2. The second kappa shape index (κ2) is 5.25. The van der Waals surface area contributed by atoms with Crippen molar-refractivity contribution in [3.05, 3.63) is 53.4 Å². The third-order valence-corrected chi connectivity index (χ3v) is 4.61. The molecule has 1 aromatic carbocycles. The number of rotatable bonds is 3. The molecule has 22 heavy (non-hydrogen) atoms. The second-order valence-corrected chi connectivity index (χ2v) is 6.28. The molecule has 2 atom stereocenters. The van der Waals surface area contributed by atoms with E-state index in [1.165, 1.54) is 5.56 Å². The zero-order valence-electron chi connectivity index (χ0n) is 12.3. The number of benzene rings is 1. The van der Waals surface area contributed by atoms with Crippen LogP contribution in [0.15, 0.2) is 40.9 Å². The van der Waals surface area contributed by atoms with Gasteiger partial charge in [0.1, 0.15) is 5.76 Å². The summed E-state index contributed by atoms with van der Waals surface area (Å²) in [7, 11) is 0. The van der Waals surface area contributed by atoms with Gasteiger partial charge < -0.3 is 15.2 Å². The first-order valence-electron chi connectivity index (χ1n) is 7.79. The Kier molecular flexibility index (Phi) is 3.22. The summed E-state index contributed by atoms with van der Waals surface area (Å²) in [5.74, 6) is 1.41. The molecule has 2 aliphatic rings. The first kappa shape index (κ1) is 13.5. The zero-order valence-corrected chi connectivity index (χ0v) is 12.3. The van der Waals surface area contributed by atoms with Crippen LogP contribution in [0, 0.1) is 0 Å². The van der Waals surface area contributed by atoms with Crippen LogP contribution in [0.5, 0.6) is 0 Å². The van der Waals surface area contributed by atoms with Crippen LogP contribution in [0.2, 0.25) is 0 Å². The number of amides is 1. The number of nitrogens with zero attached hydrogens (tertiary/aromatic N) is 2. The van der Waals surface area contributed by atoms with Gasteiger partial charge in [-0.25, -0.2) is 0 Å². The Balaban J connectivity index is 1.49. The molecule has 5 nitrogen and oxygen atoms in total. The van der Waals surface area contributed by atoms with Gasteiger partial charge in [0.15, 0.2) is 5.69 Å². The van der Waals surface area contributed by atoms with Crippen LogP contribution >= 0.6 is 0 Å². The van der Waals surface area contributed by atoms with Crippen LogP contribution in [0.1, 0.15) is 46.5 Å². The minimum Gasteiger partial charge on any atom is -0.360 e. The van der Waals surface area contributed by atoms with E-state index in [2.05, 4.69) is 17.3 Å². The highest BCUT2D eigenvalue weighted by Crippen LogP contribution is 2.40. The van der Waals surface area contributed by atoms with E-state index >= 15 is 0 Å². The summed E-state index contributed by atoms with van der Waals surface area (Å²) in [6, 6.07) is 11.9. The van der Waals surface area contributed by atoms with Crippen LogP contribution < -0.4 is 5.73 Å². The molecule has 5 heteroatoms. The molecule has 2 aromatic rings. The number of nitrogens with two attached hydrogens (primary N) is 1. The Morgan fingerprint density at radius 2 is 2.00 bits per heavy atom. The molecule has 0 spiro atoms. The van der Waals surface area contributed by atoms with Crippen molar-refractivity contribution in [2.24, 2.45) is 5.73 Å². The lowest BCUT2D eigenvalue weighted by atomic mass is 9.95. The Morgan fingerprint density at radius 1 is 1.23 bits per heavy atom. The lowest BCUT2D eigenvalue weighted by Gasteiger charge is -2.15. The average molecular weight is 297 g/mol. The van der Waals surface area contributed by atoms with Gasteiger partial charge in [-0.05, 0) is 18.4 Å². The van der Waals surface area contributed by atoms with Crippen LogP contribution in [0.3, 0.4) is 0 Å². The number of hydrogen-bond acceptors (Lipinski definition) is 4. The predicted octanol–water partition coefficient (Wildman–Crippen LogP) is 2.12. The Labute approximate surface area is 129 Å². The minimum atomic E-state index is -0.0791. The number of aromatic nitrogens is 1. The van der Waals surface area contributed by atoms with Gasteiger partial charge in [-0.3, -0.25) is 4.79 Å². The highest BCUT2D eigenvalue weighted by atomic mass is 16.5. The second-order valence-electron chi connectivity index (χ2n) is 6.28. The van der Waals surface area contributed by atoms with E-state index in [4.69, 9.17) is 10.3 Å². The molecule has 0 radical (unpaired) electrons. The molecule has 1 aliphatic heterocycles. The summed E-state index contributed by atoms with van der Waals surface area (Å²) in [6.07, 6.45) is 2.26. The summed E-state index contributed by atoms with van der Waals surface area (Å²) in [4.78, 5) is 14.4. The number of carbonyl (C=O) groups excluding carboxylic acids is 1. The molecule has 1 saturated carbocycles. The molecule has 2 fully saturated rings. The SMILES string of the molecule is N[C@@H]1CN(C(=O)c2cc(C3CC3)on2)C[C@H]1c1ccccc1. The van der Waals surface area contributed by atoms with Crippen molar-refractivity contribution >= 4 is 5.91 Å². The normalized spacial score (nSPS) is 24.7. The fourth-order valence-corrected chi connectivity index (χ4v) is 3.16. The maximum atomic E-state index is 12.6. The van der Waals surface area contributed by atoms with Crippen molar-refractivity contribution in [1.82, 2.24) is 10.1 Å². The van der Waals surface area contributed by atoms with Crippen molar-refractivity contribution in [1.29, 1.82) is 0 Å². The summed E-state index contributed by atoms with van der Waals surface area (Å²) in [6.45, 7) is 1.19. The quantitative estimate of drug-likeness (QED) is 0.942. The van der Waals surface area contributed by atoms with Gasteiger partial charge in [-0.1, -0.05) is 35.5 Å². The van der Waals surface area contributed by atoms with Gasteiger partial charge >= 0.3 is 0 Å². The van der Waals surface area contributed by atoms with E-state index in [1.54, 1.807) is 11.0 Å². The fourth-order valence-electron chi connectivity index (χ4n) is 3.16. The number of likely N-dealkylation sites (tertiary alicyclic amines) is 1. The Hall–Kier alpha value is -2.14. The molecule has 1 aliphatic carbocycles.